The number of aliphatic hydroxyl groups is 1. The van der Waals surface area contributed by atoms with Crippen LogP contribution in [0.25, 0.3) is 22.3 Å². The zero-order valence-corrected chi connectivity index (χ0v) is 33.7. The van der Waals surface area contributed by atoms with Crippen molar-refractivity contribution < 1.29 is 24.2 Å². The Morgan fingerprint density at radius 2 is 1.57 bits per heavy atom. The molecular weight excluding hydrogens is 711 g/mol. The van der Waals surface area contributed by atoms with Crippen molar-refractivity contribution in [3.8, 4) is 11.3 Å². The van der Waals surface area contributed by atoms with E-state index in [1.54, 1.807) is 11.7 Å². The van der Waals surface area contributed by atoms with Gasteiger partial charge in [-0.15, -0.1) is 0 Å². The largest absolute Gasteiger partial charge is 0.444 e. The van der Waals surface area contributed by atoms with Crippen molar-refractivity contribution in [2.75, 3.05) is 19.6 Å². The summed E-state index contributed by atoms with van der Waals surface area (Å²) in [6.07, 6.45) is 8.55. The molecule has 3 heterocycles. The van der Waals surface area contributed by atoms with E-state index in [9.17, 15) is 24.3 Å². The van der Waals surface area contributed by atoms with Crippen LogP contribution in [0.2, 0.25) is 0 Å². The Bertz CT molecular complexity index is 1980. The van der Waals surface area contributed by atoms with Crippen molar-refractivity contribution in [1.29, 1.82) is 0 Å². The van der Waals surface area contributed by atoms with Crippen LogP contribution < -0.4 is 16.2 Å². The number of piperidine rings is 1. The Kier molecular flexibility index (Phi) is 14.4. The first kappa shape index (κ1) is 42.1. The third kappa shape index (κ3) is 12.0. The van der Waals surface area contributed by atoms with Crippen LogP contribution in [0.5, 0.6) is 0 Å². The van der Waals surface area contributed by atoms with Gasteiger partial charge in [0.25, 0.3) is 5.56 Å². The topological polar surface area (TPSA) is 161 Å². The number of benzene rings is 2. The Morgan fingerprint density at radius 1 is 0.911 bits per heavy atom. The molecule has 1 aliphatic rings. The van der Waals surface area contributed by atoms with Crippen molar-refractivity contribution in [1.82, 2.24) is 34.9 Å². The number of aryl methyl sites for hydroxylation is 1. The summed E-state index contributed by atoms with van der Waals surface area (Å²) in [4.78, 5) is 57.3. The van der Waals surface area contributed by atoms with Crippen LogP contribution in [-0.2, 0) is 34.5 Å². The summed E-state index contributed by atoms with van der Waals surface area (Å²) in [5.41, 5.74) is 2.36. The lowest BCUT2D eigenvalue weighted by molar-refractivity contribution is -0.136. The Hall–Kier alpha value is -5.04. The molecule has 3 amide bonds. The number of amides is 3. The highest BCUT2D eigenvalue weighted by Gasteiger charge is 2.35. The van der Waals surface area contributed by atoms with E-state index in [1.165, 1.54) is 10.9 Å². The van der Waals surface area contributed by atoms with Crippen LogP contribution in [-0.4, -0.2) is 78.1 Å². The standard InChI is InChI=1S/C43H59N7O6/c1-31(33-15-11-10-12-16-33)27-36(52)49-25-22-43(55,23-26-49)29-50-30-46-37-38(40(50)53)47-48(5)39(37)34-20-18-32(19-21-34)28-45-35(51)17-13-8-6-7-9-14-24-44-41(54)56-42(2,3)4/h10-12,15-16,18-21,30-31,55H,6-9,13-14,17,22-29H2,1-5H3,(H,44,54)(H,45,51)/t31-/m1/s1. The van der Waals surface area contributed by atoms with E-state index in [0.29, 0.717) is 63.1 Å². The van der Waals surface area contributed by atoms with Crippen molar-refractivity contribution in [3.63, 3.8) is 0 Å². The number of hydrogen-bond acceptors (Lipinski definition) is 8. The fourth-order valence-electron chi connectivity index (χ4n) is 7.16. The van der Waals surface area contributed by atoms with Crippen molar-refractivity contribution >= 4 is 28.9 Å². The third-order valence-electron chi connectivity index (χ3n) is 10.4. The number of nitrogens with zero attached hydrogens (tertiary/aromatic N) is 5. The molecule has 4 aromatic rings. The molecule has 1 atom stereocenters. The molecule has 1 aliphatic heterocycles. The first-order valence-electron chi connectivity index (χ1n) is 20.0. The lowest BCUT2D eigenvalue weighted by atomic mass is 9.90. The second kappa shape index (κ2) is 19.2. The molecular formula is C43H59N7O6. The van der Waals surface area contributed by atoms with Gasteiger partial charge >= 0.3 is 6.09 Å². The van der Waals surface area contributed by atoms with Gasteiger partial charge in [0.15, 0.2) is 5.52 Å². The molecule has 5 rings (SSSR count). The van der Waals surface area contributed by atoms with E-state index in [1.807, 2.05) is 80.3 Å². The Morgan fingerprint density at radius 3 is 2.25 bits per heavy atom. The zero-order chi connectivity index (χ0) is 40.3. The van der Waals surface area contributed by atoms with Gasteiger partial charge in [0.1, 0.15) is 11.1 Å². The number of carbonyl (C=O) groups is 3. The van der Waals surface area contributed by atoms with Crippen LogP contribution in [0, 0.1) is 0 Å². The molecule has 13 nitrogen and oxygen atoms in total. The summed E-state index contributed by atoms with van der Waals surface area (Å²) >= 11 is 0. The van der Waals surface area contributed by atoms with Gasteiger partial charge in [-0.2, -0.15) is 5.10 Å². The Labute approximate surface area is 329 Å². The second-order valence-electron chi connectivity index (χ2n) is 16.2. The number of fused-ring (bicyclic) bond motifs is 1. The molecule has 13 heteroatoms. The molecule has 0 radical (unpaired) electrons. The summed E-state index contributed by atoms with van der Waals surface area (Å²) in [5.74, 6) is 0.194. The lowest BCUT2D eigenvalue weighted by Gasteiger charge is -2.38. The number of alkyl carbamates (subject to hydrolysis) is 1. The van der Waals surface area contributed by atoms with E-state index in [-0.39, 0.29) is 41.4 Å². The van der Waals surface area contributed by atoms with Crippen LogP contribution in [0.3, 0.4) is 0 Å². The zero-order valence-electron chi connectivity index (χ0n) is 33.7. The number of likely N-dealkylation sites (tertiary alicyclic amines) is 1. The monoisotopic (exact) mass is 769 g/mol. The summed E-state index contributed by atoms with van der Waals surface area (Å²) in [7, 11) is 1.78. The van der Waals surface area contributed by atoms with Crippen molar-refractivity contribution in [3.05, 3.63) is 82.4 Å². The van der Waals surface area contributed by atoms with E-state index in [4.69, 9.17) is 4.74 Å². The third-order valence-corrected chi connectivity index (χ3v) is 10.4. The maximum Gasteiger partial charge on any atom is 0.407 e. The van der Waals surface area contributed by atoms with E-state index in [2.05, 4.69) is 27.6 Å². The number of unbranched alkanes of at least 4 members (excludes halogenated alkanes) is 5. The number of nitrogens with one attached hydrogen (secondary N) is 2. The van der Waals surface area contributed by atoms with Gasteiger partial charge < -0.3 is 25.4 Å². The fraction of sp³-hybridized carbons (Fsp3) is 0.535. The highest BCUT2D eigenvalue weighted by Crippen LogP contribution is 2.28. The number of rotatable bonds is 17. The van der Waals surface area contributed by atoms with Crippen molar-refractivity contribution in [2.24, 2.45) is 7.05 Å². The average Bonchev–Trinajstić information content (AvgIpc) is 3.50. The minimum atomic E-state index is -1.14. The fourth-order valence-corrected chi connectivity index (χ4v) is 7.16. The molecule has 1 saturated heterocycles. The number of ether oxygens (including phenoxy) is 1. The summed E-state index contributed by atoms with van der Waals surface area (Å²) in [6.45, 7) is 9.52. The van der Waals surface area contributed by atoms with E-state index < -0.39 is 11.2 Å². The highest BCUT2D eigenvalue weighted by atomic mass is 16.6. The summed E-state index contributed by atoms with van der Waals surface area (Å²) < 4.78 is 8.31. The number of aromatic nitrogens is 4. The number of carbonyl (C=O) groups excluding carboxylic acids is 3. The summed E-state index contributed by atoms with van der Waals surface area (Å²) in [6, 6.07) is 17.8. The SMILES string of the molecule is C[C@H](CC(=O)N1CCC(O)(Cn2cnc3c(-c4ccc(CNC(=O)CCCCCCCCNC(=O)OC(C)(C)C)cc4)n(C)nc3c2=O)CC1)c1ccccc1. The molecule has 2 aromatic carbocycles. The molecule has 0 aliphatic carbocycles. The van der Waals surface area contributed by atoms with Gasteiger partial charge in [0.2, 0.25) is 11.8 Å². The molecule has 0 spiro atoms. The van der Waals surface area contributed by atoms with Gasteiger partial charge in [0.05, 0.1) is 24.2 Å². The van der Waals surface area contributed by atoms with E-state index in [0.717, 1.165) is 55.2 Å². The van der Waals surface area contributed by atoms with Crippen molar-refractivity contribution in [2.45, 2.75) is 122 Å². The summed E-state index contributed by atoms with van der Waals surface area (Å²) in [5, 5.41) is 21.8. The molecule has 2 aromatic heterocycles. The Balaban J connectivity index is 1.05. The van der Waals surface area contributed by atoms with Gasteiger partial charge in [0, 0.05) is 51.6 Å². The predicted molar refractivity (Wildman–Crippen MR) is 217 cm³/mol. The minimum absolute atomic E-state index is 0.0194. The van der Waals surface area contributed by atoms with Gasteiger partial charge in [-0.25, -0.2) is 9.78 Å². The maximum absolute atomic E-state index is 13.6. The maximum atomic E-state index is 13.6. The first-order chi connectivity index (χ1) is 26.7. The highest BCUT2D eigenvalue weighted by molar-refractivity contribution is 5.89. The molecule has 0 unspecified atom stereocenters. The number of hydrogen-bond donors (Lipinski definition) is 3. The van der Waals surface area contributed by atoms with Crippen LogP contribution >= 0.6 is 0 Å². The molecule has 3 N–H and O–H groups in total. The molecule has 302 valence electrons. The van der Waals surface area contributed by atoms with Crippen LogP contribution in [0.15, 0.2) is 65.7 Å². The van der Waals surface area contributed by atoms with Gasteiger partial charge in [-0.3, -0.25) is 23.6 Å². The first-order valence-corrected chi connectivity index (χ1v) is 20.0. The molecule has 0 saturated carbocycles. The molecule has 0 bridgehead atoms. The molecule has 56 heavy (non-hydrogen) atoms. The minimum Gasteiger partial charge on any atom is -0.444 e. The smallest absolute Gasteiger partial charge is 0.407 e. The molecule has 1 fully saturated rings. The quantitative estimate of drug-likeness (QED) is 0.107. The second-order valence-corrected chi connectivity index (χ2v) is 16.2. The van der Waals surface area contributed by atoms with Gasteiger partial charge in [-0.05, 0) is 63.5 Å². The van der Waals surface area contributed by atoms with Crippen LogP contribution in [0.4, 0.5) is 4.79 Å². The van der Waals surface area contributed by atoms with E-state index >= 15 is 0 Å². The van der Waals surface area contributed by atoms with Gasteiger partial charge in [-0.1, -0.05) is 87.2 Å². The normalized spacial score (nSPS) is 14.7. The van der Waals surface area contributed by atoms with Crippen LogP contribution in [0.1, 0.15) is 109 Å². The predicted octanol–water partition coefficient (Wildman–Crippen LogP) is 6.22. The lowest BCUT2D eigenvalue weighted by Crippen LogP contribution is -2.49. The average molecular weight is 770 g/mol.